The molecule has 0 aliphatic heterocycles. The average Bonchev–Trinajstić information content (AvgIpc) is 3.04. The third-order valence-corrected chi connectivity index (χ3v) is 9.03. The van der Waals surface area contributed by atoms with Crippen LogP contribution in [0.25, 0.3) is 0 Å². The van der Waals surface area contributed by atoms with Crippen molar-refractivity contribution in [1.29, 1.82) is 0 Å². The molecule has 6 N–H and O–H groups in total. The van der Waals surface area contributed by atoms with E-state index in [1.807, 2.05) is 60.7 Å². The van der Waals surface area contributed by atoms with E-state index in [4.69, 9.17) is 16.2 Å². The number of methoxy groups -OCH3 is 1. The number of amides is 3. The van der Waals surface area contributed by atoms with Gasteiger partial charge in [0.2, 0.25) is 11.8 Å². The summed E-state index contributed by atoms with van der Waals surface area (Å²) in [7, 11) is -0.357. The van der Waals surface area contributed by atoms with Gasteiger partial charge < -0.3 is 26.8 Å². The maximum Gasteiger partial charge on any atom is 0.407 e. The quantitative estimate of drug-likeness (QED) is 0.128. The van der Waals surface area contributed by atoms with E-state index in [0.29, 0.717) is 48.9 Å². The Bertz CT molecular complexity index is 1350. The fraction of sp³-hybridized carbons (Fsp3) is 0.382. The normalized spacial score (nSPS) is 13.3. The summed E-state index contributed by atoms with van der Waals surface area (Å²) in [6.45, 7) is 4.86. The molecule has 3 aromatic carbocycles. The van der Waals surface area contributed by atoms with E-state index in [9.17, 15) is 18.6 Å². The molecule has 0 heterocycles. The molecule has 3 aromatic rings. The number of hydrogen-bond donors (Lipinski definition) is 4. The fourth-order valence-corrected chi connectivity index (χ4v) is 6.41. The number of hydrogen-bond acceptors (Lipinski definition) is 6. The lowest BCUT2D eigenvalue weighted by atomic mass is 9.84. The second kappa shape index (κ2) is 17.9. The van der Waals surface area contributed by atoms with Crippen molar-refractivity contribution in [3.8, 4) is 0 Å². The molecule has 3 unspecified atom stereocenters. The summed E-state index contributed by atoms with van der Waals surface area (Å²) in [5, 5.41) is 5.67. The number of anilines is 1. The van der Waals surface area contributed by atoms with E-state index >= 15 is 0 Å². The van der Waals surface area contributed by atoms with Crippen LogP contribution in [-0.2, 0) is 25.3 Å². The minimum atomic E-state index is -1.61. The van der Waals surface area contributed by atoms with Gasteiger partial charge in [0.1, 0.15) is 23.1 Å². The van der Waals surface area contributed by atoms with Gasteiger partial charge in [0, 0.05) is 24.7 Å². The molecule has 0 saturated heterocycles. The number of carbonyl (C=O) groups excluding carboxylic acids is 3. The van der Waals surface area contributed by atoms with Crippen molar-refractivity contribution in [2.75, 3.05) is 25.9 Å². The monoisotopic (exact) mass is 635 g/mol. The first kappa shape index (κ1) is 35.3. The summed E-state index contributed by atoms with van der Waals surface area (Å²) in [6, 6.07) is 24.0. The first-order valence-electron chi connectivity index (χ1n) is 15.2. The van der Waals surface area contributed by atoms with Gasteiger partial charge in [0.15, 0.2) is 0 Å². The van der Waals surface area contributed by atoms with E-state index in [1.54, 1.807) is 28.6 Å². The van der Waals surface area contributed by atoms with E-state index < -0.39 is 41.0 Å². The Morgan fingerprint density at radius 2 is 1.44 bits per heavy atom. The van der Waals surface area contributed by atoms with Crippen LogP contribution in [0.2, 0.25) is 0 Å². The highest BCUT2D eigenvalue weighted by atomic mass is 32.2. The second-order valence-corrected chi connectivity index (χ2v) is 12.7. The van der Waals surface area contributed by atoms with Gasteiger partial charge in [0.25, 0.3) is 0 Å². The largest absolute Gasteiger partial charge is 0.453 e. The van der Waals surface area contributed by atoms with Crippen molar-refractivity contribution < 1.29 is 23.3 Å². The number of carbonyl (C=O) groups is 3. The Labute approximate surface area is 268 Å². The molecule has 0 radical (unpaired) electrons. The zero-order valence-electron chi connectivity index (χ0n) is 26.2. The van der Waals surface area contributed by atoms with Gasteiger partial charge in [-0.15, -0.1) is 0 Å². The number of nitrogen functional groups attached to an aromatic ring is 1. The first-order chi connectivity index (χ1) is 21.6. The molecule has 10 nitrogen and oxygen atoms in total. The molecule has 0 saturated carbocycles. The molecule has 0 spiro atoms. The topological polar surface area (TPSA) is 157 Å². The first-order valence-corrected chi connectivity index (χ1v) is 16.3. The van der Waals surface area contributed by atoms with E-state index in [1.165, 1.54) is 7.11 Å². The van der Waals surface area contributed by atoms with Gasteiger partial charge in [-0.1, -0.05) is 74.5 Å². The van der Waals surface area contributed by atoms with Crippen molar-refractivity contribution in [2.24, 2.45) is 11.7 Å². The molecule has 242 valence electrons. The van der Waals surface area contributed by atoms with Crippen LogP contribution in [0.5, 0.6) is 0 Å². The van der Waals surface area contributed by atoms with Crippen molar-refractivity contribution >= 4 is 34.6 Å². The van der Waals surface area contributed by atoms with Crippen LogP contribution in [0.1, 0.15) is 56.6 Å². The molecule has 0 bridgehead atoms. The second-order valence-electron chi connectivity index (χ2n) is 11.3. The fourth-order valence-electron chi connectivity index (χ4n) is 5.06. The smallest absolute Gasteiger partial charge is 0.407 e. The molecule has 0 aliphatic carbocycles. The van der Waals surface area contributed by atoms with Crippen LogP contribution < -0.4 is 22.1 Å². The highest BCUT2D eigenvalue weighted by Crippen LogP contribution is 2.28. The molecule has 45 heavy (non-hydrogen) atoms. The summed E-state index contributed by atoms with van der Waals surface area (Å²) in [4.78, 5) is 39.1. The molecule has 0 aliphatic rings. The van der Waals surface area contributed by atoms with Gasteiger partial charge >= 0.3 is 6.09 Å². The number of nitrogens with one attached hydrogen (secondary N) is 2. The average molecular weight is 636 g/mol. The van der Waals surface area contributed by atoms with E-state index in [-0.39, 0.29) is 5.91 Å². The maximum atomic E-state index is 13.6. The van der Waals surface area contributed by atoms with Gasteiger partial charge in [-0.2, -0.15) is 0 Å². The van der Waals surface area contributed by atoms with Gasteiger partial charge in [-0.25, -0.2) is 13.3 Å². The minimum Gasteiger partial charge on any atom is -0.453 e. The maximum absolute atomic E-state index is 13.6. The number of nitrogens with zero attached hydrogens (tertiary/aromatic N) is 1. The van der Waals surface area contributed by atoms with Gasteiger partial charge in [-0.05, 0) is 67.0 Å². The Hall–Kier alpha value is -4.22. The van der Waals surface area contributed by atoms with Crippen LogP contribution >= 0.6 is 0 Å². The highest BCUT2D eigenvalue weighted by molar-refractivity contribution is 7.82. The van der Waals surface area contributed by atoms with E-state index in [0.717, 1.165) is 17.5 Å². The van der Waals surface area contributed by atoms with Crippen molar-refractivity contribution in [1.82, 2.24) is 14.9 Å². The molecule has 3 amide bonds. The van der Waals surface area contributed by atoms with Crippen molar-refractivity contribution in [3.05, 3.63) is 96.1 Å². The van der Waals surface area contributed by atoms with Crippen LogP contribution in [-0.4, -0.2) is 58.7 Å². The summed E-state index contributed by atoms with van der Waals surface area (Å²) >= 11 is 0. The van der Waals surface area contributed by atoms with Gasteiger partial charge in [-0.3, -0.25) is 9.59 Å². The lowest BCUT2D eigenvalue weighted by Crippen LogP contribution is -2.50. The minimum absolute atomic E-state index is 0.299. The summed E-state index contributed by atoms with van der Waals surface area (Å²) in [5.41, 5.74) is 13.9. The number of nitrogens with two attached hydrogens (primary N) is 2. The van der Waals surface area contributed by atoms with E-state index in [2.05, 4.69) is 24.5 Å². The number of alkyl carbamates (subject to hydrolysis) is 1. The molecule has 0 aromatic heterocycles. The standard InChI is InChI=1S/C34H45N5O5S/c1-24(2)21-23-39(45(43)28-19-17-27(35)18-20-28)29(32(36)40)16-10-11-22-37-33(41)31(38-34(42)44-3)30(25-12-6-4-7-13-25)26-14-8-5-9-15-26/h4-9,12-15,17-20,24,29-31H,10-11,16,21-23,35H2,1-3H3,(H2,36,40)(H,37,41)(H,38,42). The number of benzene rings is 3. The Morgan fingerprint density at radius 1 is 0.867 bits per heavy atom. The summed E-state index contributed by atoms with van der Waals surface area (Å²) in [6.07, 6.45) is 1.46. The predicted molar refractivity (Wildman–Crippen MR) is 177 cm³/mol. The molecule has 3 rings (SSSR count). The van der Waals surface area contributed by atoms with Gasteiger partial charge in [0.05, 0.1) is 12.0 Å². The summed E-state index contributed by atoms with van der Waals surface area (Å²) < 4.78 is 20.1. The molecular weight excluding hydrogens is 590 g/mol. The lowest BCUT2D eigenvalue weighted by molar-refractivity contribution is -0.123. The number of rotatable bonds is 17. The predicted octanol–water partition coefficient (Wildman–Crippen LogP) is 4.34. The molecule has 0 fully saturated rings. The van der Waals surface area contributed by atoms with Crippen LogP contribution in [0.4, 0.5) is 10.5 Å². The zero-order chi connectivity index (χ0) is 32.8. The van der Waals surface area contributed by atoms with Crippen molar-refractivity contribution in [2.45, 2.75) is 62.4 Å². The highest BCUT2D eigenvalue weighted by Gasteiger charge is 2.33. The lowest BCUT2D eigenvalue weighted by Gasteiger charge is -2.29. The number of primary amides is 1. The Morgan fingerprint density at radius 3 is 1.96 bits per heavy atom. The molecular formula is C34H45N5O5S. The van der Waals surface area contributed by atoms with Crippen LogP contribution in [0, 0.1) is 5.92 Å². The SMILES string of the molecule is COC(=O)NC(C(=O)NCCCCC(C(N)=O)N(CCC(C)C)S(=O)c1ccc(N)cc1)C(c1ccccc1)c1ccccc1. The number of unbranched alkanes of at least 4 members (excludes halogenated alkanes) is 1. The Balaban J connectivity index is 1.70. The molecule has 11 heteroatoms. The third-order valence-electron chi connectivity index (χ3n) is 7.49. The van der Waals surface area contributed by atoms with Crippen molar-refractivity contribution in [3.63, 3.8) is 0 Å². The van der Waals surface area contributed by atoms with Crippen LogP contribution in [0.15, 0.2) is 89.8 Å². The zero-order valence-corrected chi connectivity index (χ0v) is 27.0. The Kier molecular flexibility index (Phi) is 14.0. The third kappa shape index (κ3) is 10.7. The van der Waals surface area contributed by atoms with Crippen LogP contribution in [0.3, 0.4) is 0 Å². The summed E-state index contributed by atoms with van der Waals surface area (Å²) in [5.74, 6) is -1.06. The molecule has 3 atom stereocenters. The number of ether oxygens (including phenoxy) is 1.